The van der Waals surface area contributed by atoms with Crippen molar-refractivity contribution in [2.75, 3.05) is 13.1 Å². The van der Waals surface area contributed by atoms with Crippen LogP contribution in [0.2, 0.25) is 0 Å². The molecule has 7 heteroatoms. The van der Waals surface area contributed by atoms with Gasteiger partial charge in [-0.1, -0.05) is 6.92 Å². The van der Waals surface area contributed by atoms with Crippen LogP contribution in [0.15, 0.2) is 6.20 Å². The second-order valence-corrected chi connectivity index (χ2v) is 5.10. The summed E-state index contributed by atoms with van der Waals surface area (Å²) in [5, 5.41) is 6.75. The molecule has 0 amide bonds. The van der Waals surface area contributed by atoms with Gasteiger partial charge in [0.1, 0.15) is 0 Å². The van der Waals surface area contributed by atoms with Crippen molar-refractivity contribution in [3.05, 3.63) is 17.5 Å². The summed E-state index contributed by atoms with van der Waals surface area (Å²) in [4.78, 5) is 0. The van der Waals surface area contributed by atoms with Crippen LogP contribution in [-0.4, -0.2) is 31.7 Å². The first-order valence-electron chi connectivity index (χ1n) is 5.28. The van der Waals surface area contributed by atoms with Gasteiger partial charge in [-0.3, -0.25) is 5.10 Å². The van der Waals surface area contributed by atoms with Crippen LogP contribution in [0.3, 0.4) is 0 Å². The van der Waals surface area contributed by atoms with E-state index in [1.165, 1.54) is 0 Å². The predicted molar refractivity (Wildman–Crippen MR) is 62.2 cm³/mol. The van der Waals surface area contributed by atoms with E-state index in [2.05, 4.69) is 19.6 Å². The molecule has 0 bridgehead atoms. The van der Waals surface area contributed by atoms with Crippen LogP contribution in [0.4, 0.5) is 0 Å². The van der Waals surface area contributed by atoms with Gasteiger partial charge in [0.2, 0.25) is 0 Å². The Morgan fingerprint density at radius 3 is 2.75 bits per heavy atom. The zero-order valence-electron chi connectivity index (χ0n) is 9.58. The van der Waals surface area contributed by atoms with E-state index in [1.54, 1.807) is 13.1 Å². The van der Waals surface area contributed by atoms with E-state index < -0.39 is 10.2 Å². The summed E-state index contributed by atoms with van der Waals surface area (Å²) in [6.45, 7) is 4.52. The molecule has 3 N–H and O–H groups in total. The van der Waals surface area contributed by atoms with Gasteiger partial charge in [0, 0.05) is 18.8 Å². The molecule has 0 fully saturated rings. The van der Waals surface area contributed by atoms with E-state index in [0.717, 1.165) is 24.1 Å². The zero-order valence-corrected chi connectivity index (χ0v) is 10.4. The highest BCUT2D eigenvalue weighted by molar-refractivity contribution is 7.87. The number of hydrogen-bond donors (Lipinski definition) is 3. The van der Waals surface area contributed by atoms with Crippen molar-refractivity contribution in [3.8, 4) is 0 Å². The number of nitrogens with zero attached hydrogens (tertiary/aromatic N) is 1. The average Bonchev–Trinajstić information content (AvgIpc) is 2.59. The summed E-state index contributed by atoms with van der Waals surface area (Å²) in [6, 6.07) is 0. The summed E-state index contributed by atoms with van der Waals surface area (Å²) in [7, 11) is -3.31. The summed E-state index contributed by atoms with van der Waals surface area (Å²) in [6.07, 6.45) is 3.34. The lowest BCUT2D eigenvalue weighted by Gasteiger charge is -2.05. The highest BCUT2D eigenvalue weighted by Crippen LogP contribution is 2.04. The fourth-order valence-corrected chi connectivity index (χ4v) is 2.25. The molecule has 6 nitrogen and oxygen atoms in total. The van der Waals surface area contributed by atoms with E-state index in [1.807, 2.05) is 6.92 Å². The summed E-state index contributed by atoms with van der Waals surface area (Å²) >= 11 is 0. The Hall–Kier alpha value is -0.920. The minimum atomic E-state index is -3.31. The van der Waals surface area contributed by atoms with Gasteiger partial charge in [0.05, 0.1) is 6.20 Å². The lowest BCUT2D eigenvalue weighted by Crippen LogP contribution is -2.36. The number of hydrogen-bond acceptors (Lipinski definition) is 3. The zero-order chi connectivity index (χ0) is 12.0. The van der Waals surface area contributed by atoms with Gasteiger partial charge in [0.25, 0.3) is 10.2 Å². The van der Waals surface area contributed by atoms with Crippen molar-refractivity contribution in [2.45, 2.75) is 26.7 Å². The normalized spacial score (nSPS) is 11.9. The maximum atomic E-state index is 11.2. The summed E-state index contributed by atoms with van der Waals surface area (Å²) < 4.78 is 27.3. The molecule has 0 aliphatic carbocycles. The average molecular weight is 246 g/mol. The topological polar surface area (TPSA) is 86.9 Å². The molecule has 0 saturated carbocycles. The van der Waals surface area contributed by atoms with Gasteiger partial charge in [-0.15, -0.1) is 0 Å². The predicted octanol–water partition coefficient (Wildman–Crippen LogP) is 0.0946. The Kier molecular flexibility index (Phi) is 4.91. The molecule has 1 aromatic rings. The van der Waals surface area contributed by atoms with Crippen molar-refractivity contribution in [2.24, 2.45) is 0 Å². The monoisotopic (exact) mass is 246 g/mol. The van der Waals surface area contributed by atoms with Gasteiger partial charge in [0.15, 0.2) is 0 Å². The molecule has 1 aromatic heterocycles. The molecule has 0 unspecified atom stereocenters. The molecule has 0 aromatic carbocycles. The van der Waals surface area contributed by atoms with Crippen LogP contribution in [0.25, 0.3) is 0 Å². The van der Waals surface area contributed by atoms with Crippen molar-refractivity contribution in [1.29, 1.82) is 0 Å². The van der Waals surface area contributed by atoms with Gasteiger partial charge < -0.3 is 0 Å². The number of nitrogens with one attached hydrogen (secondary N) is 3. The largest absolute Gasteiger partial charge is 0.283 e. The molecule has 92 valence electrons. The van der Waals surface area contributed by atoms with Crippen LogP contribution in [0, 0.1) is 6.92 Å². The molecular weight excluding hydrogens is 228 g/mol. The second-order valence-electron chi connectivity index (χ2n) is 3.52. The first-order valence-corrected chi connectivity index (χ1v) is 6.76. The first kappa shape index (κ1) is 13.1. The van der Waals surface area contributed by atoms with Crippen LogP contribution in [-0.2, 0) is 16.6 Å². The summed E-state index contributed by atoms with van der Waals surface area (Å²) in [5.41, 5.74) is 2.16. The number of aryl methyl sites for hydroxylation is 2. The van der Waals surface area contributed by atoms with Crippen LogP contribution in [0.5, 0.6) is 0 Å². The Bertz CT molecular complexity index is 413. The molecule has 16 heavy (non-hydrogen) atoms. The van der Waals surface area contributed by atoms with Crippen molar-refractivity contribution in [3.63, 3.8) is 0 Å². The lowest BCUT2D eigenvalue weighted by molar-refractivity contribution is 0.566. The fraction of sp³-hybridized carbons (Fsp3) is 0.667. The maximum absolute atomic E-state index is 11.2. The van der Waals surface area contributed by atoms with Gasteiger partial charge in [-0.05, 0) is 25.3 Å². The van der Waals surface area contributed by atoms with Crippen LogP contribution in [0.1, 0.15) is 24.6 Å². The van der Waals surface area contributed by atoms with Crippen molar-refractivity contribution < 1.29 is 8.42 Å². The number of aromatic amines is 1. The van der Waals surface area contributed by atoms with E-state index >= 15 is 0 Å². The van der Waals surface area contributed by atoms with Crippen LogP contribution < -0.4 is 9.44 Å². The lowest BCUT2D eigenvalue weighted by atomic mass is 10.1. The number of rotatable bonds is 7. The standard InChI is InChI=1S/C9H18N4O2S/c1-3-11-16(14,15)12-6-4-5-9-7-10-13-8(9)2/h7,11-12H,3-6H2,1-2H3,(H,10,13). The highest BCUT2D eigenvalue weighted by Gasteiger charge is 2.06. The van der Waals surface area contributed by atoms with Crippen LogP contribution >= 0.6 is 0 Å². The van der Waals surface area contributed by atoms with Gasteiger partial charge >= 0.3 is 0 Å². The number of H-pyrrole nitrogens is 1. The quantitative estimate of drug-likeness (QED) is 0.596. The van der Waals surface area contributed by atoms with E-state index in [4.69, 9.17) is 0 Å². The minimum absolute atomic E-state index is 0.399. The SMILES string of the molecule is CCNS(=O)(=O)NCCCc1cn[nH]c1C. The molecule has 1 heterocycles. The maximum Gasteiger partial charge on any atom is 0.276 e. The third kappa shape index (κ3) is 4.30. The molecule has 0 atom stereocenters. The van der Waals surface area contributed by atoms with E-state index in [0.29, 0.717) is 13.1 Å². The Balaban J connectivity index is 2.25. The molecule has 0 saturated heterocycles. The molecule has 0 aliphatic rings. The molecular formula is C9H18N4O2S. The van der Waals surface area contributed by atoms with Crippen molar-refractivity contribution >= 4 is 10.2 Å². The fourth-order valence-electron chi connectivity index (χ4n) is 1.35. The van der Waals surface area contributed by atoms with E-state index in [9.17, 15) is 8.42 Å². The molecule has 0 radical (unpaired) electrons. The van der Waals surface area contributed by atoms with E-state index in [-0.39, 0.29) is 0 Å². The Morgan fingerprint density at radius 2 is 2.19 bits per heavy atom. The third-order valence-electron chi connectivity index (χ3n) is 2.18. The smallest absolute Gasteiger partial charge is 0.276 e. The van der Waals surface area contributed by atoms with Gasteiger partial charge in [-0.25, -0.2) is 9.44 Å². The third-order valence-corrected chi connectivity index (χ3v) is 3.44. The molecule has 1 rings (SSSR count). The van der Waals surface area contributed by atoms with Gasteiger partial charge in [-0.2, -0.15) is 13.5 Å². The second kappa shape index (κ2) is 5.97. The molecule has 0 aliphatic heterocycles. The van der Waals surface area contributed by atoms with Crippen molar-refractivity contribution in [1.82, 2.24) is 19.6 Å². The highest BCUT2D eigenvalue weighted by atomic mass is 32.2. The Labute approximate surface area is 96.0 Å². The summed E-state index contributed by atoms with van der Waals surface area (Å²) in [5.74, 6) is 0. The number of aromatic nitrogens is 2. The first-order chi connectivity index (χ1) is 7.55. The Morgan fingerprint density at radius 1 is 1.44 bits per heavy atom. The minimum Gasteiger partial charge on any atom is -0.283 e. The molecule has 0 spiro atoms.